The maximum absolute atomic E-state index is 5.97. The second kappa shape index (κ2) is 9.47. The zero-order valence-corrected chi connectivity index (χ0v) is 15.8. The van der Waals surface area contributed by atoms with Crippen LogP contribution in [0.25, 0.3) is 0 Å². The molecule has 1 aliphatic rings. The Morgan fingerprint density at radius 3 is 2.70 bits per heavy atom. The van der Waals surface area contributed by atoms with Crippen LogP contribution in [0.2, 0.25) is 0 Å². The highest BCUT2D eigenvalue weighted by atomic mass is 79.9. The second-order valence-electron chi connectivity index (χ2n) is 5.85. The molecule has 0 aromatic heterocycles. The molecule has 2 rings (SSSR count). The summed E-state index contributed by atoms with van der Waals surface area (Å²) in [5, 5.41) is 3.51. The molecule has 0 atom stereocenters. The maximum atomic E-state index is 5.97. The first-order chi connectivity index (χ1) is 11.1. The van der Waals surface area contributed by atoms with Crippen molar-refractivity contribution in [1.29, 1.82) is 0 Å². The molecule has 5 nitrogen and oxygen atoms in total. The lowest BCUT2D eigenvalue weighted by Gasteiger charge is -2.26. The third-order valence-electron chi connectivity index (χ3n) is 3.75. The van der Waals surface area contributed by atoms with Gasteiger partial charge in [0.15, 0.2) is 11.5 Å². The van der Waals surface area contributed by atoms with E-state index in [1.54, 1.807) is 7.11 Å². The van der Waals surface area contributed by atoms with Crippen LogP contribution in [-0.4, -0.2) is 57.5 Å². The van der Waals surface area contributed by atoms with E-state index in [9.17, 15) is 0 Å². The summed E-state index contributed by atoms with van der Waals surface area (Å²) in [5.74, 6) is 1.59. The van der Waals surface area contributed by atoms with Crippen LogP contribution in [-0.2, 0) is 11.3 Å². The van der Waals surface area contributed by atoms with Gasteiger partial charge in [-0.15, -0.1) is 0 Å². The molecule has 0 bridgehead atoms. The summed E-state index contributed by atoms with van der Waals surface area (Å²) >= 11 is 3.63. The Hall–Kier alpha value is -0.820. The molecule has 1 fully saturated rings. The summed E-state index contributed by atoms with van der Waals surface area (Å²) in [6.07, 6.45) is 0.102. The van der Waals surface area contributed by atoms with Crippen LogP contribution in [0.15, 0.2) is 16.6 Å². The molecule has 1 heterocycles. The average molecular weight is 387 g/mol. The largest absolute Gasteiger partial charge is 0.493 e. The summed E-state index contributed by atoms with van der Waals surface area (Å²) in [5.41, 5.74) is 1.10. The normalized spacial score (nSPS) is 15.9. The molecular weight excluding hydrogens is 360 g/mol. The van der Waals surface area contributed by atoms with Crippen LogP contribution in [0.5, 0.6) is 11.5 Å². The predicted molar refractivity (Wildman–Crippen MR) is 95.4 cm³/mol. The highest BCUT2D eigenvalue weighted by Gasteiger charge is 2.16. The zero-order valence-electron chi connectivity index (χ0n) is 14.2. The zero-order chi connectivity index (χ0) is 16.7. The van der Waals surface area contributed by atoms with Crippen LogP contribution in [0.3, 0.4) is 0 Å². The number of rotatable bonds is 8. The molecule has 1 aromatic rings. The minimum absolute atomic E-state index is 0.102. The van der Waals surface area contributed by atoms with Crippen molar-refractivity contribution in [2.75, 3.05) is 46.5 Å². The summed E-state index contributed by atoms with van der Waals surface area (Å²) in [7, 11) is 1.67. The lowest BCUT2D eigenvalue weighted by molar-refractivity contribution is 0.0384. The fourth-order valence-electron chi connectivity index (χ4n) is 2.55. The fraction of sp³-hybridized carbons (Fsp3) is 0.647. The van der Waals surface area contributed by atoms with E-state index in [0.29, 0.717) is 0 Å². The molecule has 0 unspecified atom stereocenters. The number of ether oxygens (including phenoxy) is 3. The number of hydrogen-bond acceptors (Lipinski definition) is 5. The Labute approximate surface area is 147 Å². The van der Waals surface area contributed by atoms with E-state index in [1.165, 1.54) is 0 Å². The smallest absolute Gasteiger partial charge is 0.167 e. The van der Waals surface area contributed by atoms with Crippen molar-refractivity contribution in [1.82, 2.24) is 10.2 Å². The van der Waals surface area contributed by atoms with Gasteiger partial charge in [0.25, 0.3) is 0 Å². The van der Waals surface area contributed by atoms with E-state index in [-0.39, 0.29) is 6.10 Å². The van der Waals surface area contributed by atoms with Crippen molar-refractivity contribution < 1.29 is 14.2 Å². The molecule has 0 saturated carbocycles. The van der Waals surface area contributed by atoms with Gasteiger partial charge < -0.3 is 19.5 Å². The van der Waals surface area contributed by atoms with Gasteiger partial charge in [0.05, 0.1) is 26.4 Å². The third-order valence-corrected chi connectivity index (χ3v) is 4.49. The third kappa shape index (κ3) is 5.64. The summed E-state index contributed by atoms with van der Waals surface area (Å²) in [6, 6.07) is 3.93. The van der Waals surface area contributed by atoms with Gasteiger partial charge in [-0.25, -0.2) is 0 Å². The standard InChI is InChI=1S/C17H27BrN2O3/c1-13(2)23-17-14(15(18)4-5-16(17)21-3)12-19-6-7-20-8-10-22-11-9-20/h4-5,13,19H,6-12H2,1-3H3. The number of halogens is 1. The van der Waals surface area contributed by atoms with Crippen molar-refractivity contribution in [3.8, 4) is 11.5 Å². The van der Waals surface area contributed by atoms with Crippen molar-refractivity contribution in [3.63, 3.8) is 0 Å². The Morgan fingerprint density at radius 1 is 1.30 bits per heavy atom. The van der Waals surface area contributed by atoms with Gasteiger partial charge in [0, 0.05) is 42.8 Å². The number of nitrogens with one attached hydrogen (secondary N) is 1. The summed E-state index contributed by atoms with van der Waals surface area (Å²) < 4.78 is 17.8. The highest BCUT2D eigenvalue weighted by Crippen LogP contribution is 2.36. The monoisotopic (exact) mass is 386 g/mol. The minimum atomic E-state index is 0.102. The van der Waals surface area contributed by atoms with Gasteiger partial charge in [-0.3, -0.25) is 4.90 Å². The van der Waals surface area contributed by atoms with Crippen LogP contribution in [0.4, 0.5) is 0 Å². The van der Waals surface area contributed by atoms with Crippen LogP contribution < -0.4 is 14.8 Å². The molecule has 1 aliphatic heterocycles. The highest BCUT2D eigenvalue weighted by molar-refractivity contribution is 9.10. The molecule has 130 valence electrons. The maximum Gasteiger partial charge on any atom is 0.167 e. The molecule has 0 spiro atoms. The first-order valence-corrected chi connectivity index (χ1v) is 8.94. The van der Waals surface area contributed by atoms with Crippen molar-refractivity contribution in [3.05, 3.63) is 22.2 Å². The lowest BCUT2D eigenvalue weighted by Crippen LogP contribution is -2.40. The first-order valence-electron chi connectivity index (χ1n) is 8.14. The van der Waals surface area contributed by atoms with Gasteiger partial charge in [0.1, 0.15) is 0 Å². The van der Waals surface area contributed by atoms with E-state index < -0.39 is 0 Å². The molecular formula is C17H27BrN2O3. The van der Waals surface area contributed by atoms with Gasteiger partial charge in [-0.2, -0.15) is 0 Å². The predicted octanol–water partition coefficient (Wildman–Crippen LogP) is 2.67. The number of methoxy groups -OCH3 is 1. The second-order valence-corrected chi connectivity index (χ2v) is 6.71. The quantitative estimate of drug-likeness (QED) is 0.695. The molecule has 1 aromatic carbocycles. The van der Waals surface area contributed by atoms with E-state index in [4.69, 9.17) is 14.2 Å². The molecule has 1 saturated heterocycles. The summed E-state index contributed by atoms with van der Waals surface area (Å²) in [6.45, 7) is 10.5. The van der Waals surface area contributed by atoms with Crippen molar-refractivity contribution >= 4 is 15.9 Å². The lowest BCUT2D eigenvalue weighted by atomic mass is 10.1. The van der Waals surface area contributed by atoms with Gasteiger partial charge in [-0.1, -0.05) is 15.9 Å². The van der Waals surface area contributed by atoms with E-state index >= 15 is 0 Å². The van der Waals surface area contributed by atoms with Crippen LogP contribution in [0, 0.1) is 0 Å². The Bertz CT molecular complexity index is 491. The minimum Gasteiger partial charge on any atom is -0.493 e. The SMILES string of the molecule is COc1ccc(Br)c(CNCCN2CCOCC2)c1OC(C)C. The molecule has 0 amide bonds. The van der Waals surface area contributed by atoms with E-state index in [0.717, 1.165) is 67.5 Å². The molecule has 6 heteroatoms. The molecule has 0 aliphatic carbocycles. The van der Waals surface area contributed by atoms with Gasteiger partial charge >= 0.3 is 0 Å². The average Bonchev–Trinajstić information content (AvgIpc) is 2.54. The van der Waals surface area contributed by atoms with Crippen molar-refractivity contribution in [2.24, 2.45) is 0 Å². The van der Waals surface area contributed by atoms with Crippen molar-refractivity contribution in [2.45, 2.75) is 26.5 Å². The van der Waals surface area contributed by atoms with Gasteiger partial charge in [0.2, 0.25) is 0 Å². The molecule has 23 heavy (non-hydrogen) atoms. The van der Waals surface area contributed by atoms with E-state index in [1.807, 2.05) is 26.0 Å². The van der Waals surface area contributed by atoms with E-state index in [2.05, 4.69) is 26.1 Å². The Kier molecular flexibility index (Phi) is 7.62. The molecule has 0 radical (unpaired) electrons. The molecule has 1 N–H and O–H groups in total. The first kappa shape index (κ1) is 18.5. The van der Waals surface area contributed by atoms with Gasteiger partial charge in [-0.05, 0) is 26.0 Å². The Balaban J connectivity index is 1.94. The summed E-state index contributed by atoms with van der Waals surface area (Å²) in [4.78, 5) is 2.42. The number of benzene rings is 1. The van der Waals surface area contributed by atoms with Crippen LogP contribution >= 0.6 is 15.9 Å². The number of hydrogen-bond donors (Lipinski definition) is 1. The Morgan fingerprint density at radius 2 is 2.04 bits per heavy atom. The topological polar surface area (TPSA) is 43.0 Å². The fourth-order valence-corrected chi connectivity index (χ4v) is 3.00. The number of morpholine rings is 1. The van der Waals surface area contributed by atoms with Crippen LogP contribution in [0.1, 0.15) is 19.4 Å². The number of nitrogens with zero attached hydrogens (tertiary/aromatic N) is 1.